The van der Waals surface area contributed by atoms with Crippen molar-refractivity contribution in [2.24, 2.45) is 5.92 Å². The summed E-state index contributed by atoms with van der Waals surface area (Å²) in [7, 11) is 0. The van der Waals surface area contributed by atoms with Crippen LogP contribution >= 0.6 is 27.5 Å². The third kappa shape index (κ3) is 3.99. The molecule has 1 aromatic rings. The molecular formula is C14H17BrClNO. The molecule has 1 fully saturated rings. The lowest BCUT2D eigenvalue weighted by Gasteiger charge is -2.09. The number of amides is 1. The molecular weight excluding hydrogens is 314 g/mol. The molecule has 0 spiro atoms. The van der Waals surface area contributed by atoms with Crippen LogP contribution < -0.4 is 5.32 Å². The number of benzene rings is 1. The molecule has 1 aromatic carbocycles. The maximum absolute atomic E-state index is 11.8. The van der Waals surface area contributed by atoms with Crippen LogP contribution in [0.3, 0.4) is 0 Å². The zero-order chi connectivity index (χ0) is 13.0. The maximum atomic E-state index is 11.8. The van der Waals surface area contributed by atoms with Crippen LogP contribution in [-0.2, 0) is 4.79 Å². The normalized spacial score (nSPS) is 15.9. The highest BCUT2D eigenvalue weighted by Crippen LogP contribution is 2.29. The average Bonchev–Trinajstić information content (AvgIpc) is 2.84. The van der Waals surface area contributed by atoms with Crippen molar-refractivity contribution in [3.05, 3.63) is 27.7 Å². The second-order valence-electron chi connectivity index (χ2n) is 4.87. The van der Waals surface area contributed by atoms with E-state index in [9.17, 15) is 4.79 Å². The number of nitrogens with one attached hydrogen (secondary N) is 1. The van der Waals surface area contributed by atoms with Crippen molar-refractivity contribution in [3.8, 4) is 0 Å². The average molecular weight is 331 g/mol. The van der Waals surface area contributed by atoms with Gasteiger partial charge < -0.3 is 5.32 Å². The van der Waals surface area contributed by atoms with E-state index < -0.39 is 0 Å². The molecule has 0 atom stereocenters. The minimum absolute atomic E-state index is 0.0936. The Morgan fingerprint density at radius 2 is 2.11 bits per heavy atom. The van der Waals surface area contributed by atoms with Crippen molar-refractivity contribution in [3.63, 3.8) is 0 Å². The Labute approximate surface area is 121 Å². The fourth-order valence-corrected chi connectivity index (χ4v) is 2.93. The summed E-state index contributed by atoms with van der Waals surface area (Å²) in [4.78, 5) is 11.8. The van der Waals surface area contributed by atoms with E-state index in [0.717, 1.165) is 22.5 Å². The number of hydrogen-bond donors (Lipinski definition) is 1. The van der Waals surface area contributed by atoms with Crippen molar-refractivity contribution in [1.29, 1.82) is 0 Å². The number of carbonyl (C=O) groups excluding carboxylic acids is 1. The van der Waals surface area contributed by atoms with Crippen LogP contribution in [0.25, 0.3) is 0 Å². The van der Waals surface area contributed by atoms with Gasteiger partial charge in [0.25, 0.3) is 0 Å². The highest BCUT2D eigenvalue weighted by molar-refractivity contribution is 9.10. The van der Waals surface area contributed by atoms with E-state index in [1.807, 2.05) is 12.1 Å². The SMILES string of the molecule is O=C(CCC1CCCC1)Nc1ccc(Cl)c(Br)c1. The zero-order valence-corrected chi connectivity index (χ0v) is 12.6. The van der Waals surface area contributed by atoms with E-state index in [-0.39, 0.29) is 5.91 Å². The molecule has 0 radical (unpaired) electrons. The van der Waals surface area contributed by atoms with Gasteiger partial charge in [-0.15, -0.1) is 0 Å². The Kier molecular flexibility index (Phi) is 5.07. The van der Waals surface area contributed by atoms with E-state index in [1.165, 1.54) is 25.7 Å². The third-order valence-corrected chi connectivity index (χ3v) is 4.67. The van der Waals surface area contributed by atoms with Gasteiger partial charge in [-0.2, -0.15) is 0 Å². The van der Waals surface area contributed by atoms with E-state index in [2.05, 4.69) is 21.2 Å². The number of rotatable bonds is 4. The third-order valence-electron chi connectivity index (χ3n) is 3.46. The molecule has 0 heterocycles. The van der Waals surface area contributed by atoms with Crippen LogP contribution in [0.4, 0.5) is 5.69 Å². The Hall–Kier alpha value is -0.540. The van der Waals surface area contributed by atoms with E-state index in [4.69, 9.17) is 11.6 Å². The molecule has 1 aliphatic carbocycles. The van der Waals surface area contributed by atoms with Crippen LogP contribution in [0.1, 0.15) is 38.5 Å². The largest absolute Gasteiger partial charge is 0.326 e. The smallest absolute Gasteiger partial charge is 0.224 e. The summed E-state index contributed by atoms with van der Waals surface area (Å²) in [6.45, 7) is 0. The molecule has 0 bridgehead atoms. The molecule has 98 valence electrons. The second kappa shape index (κ2) is 6.58. The molecule has 18 heavy (non-hydrogen) atoms. The summed E-state index contributed by atoms with van der Waals surface area (Å²) in [6.07, 6.45) is 6.87. The molecule has 1 N–H and O–H groups in total. The van der Waals surface area contributed by atoms with Crippen LogP contribution in [-0.4, -0.2) is 5.91 Å². The molecule has 0 saturated heterocycles. The van der Waals surface area contributed by atoms with Crippen molar-refractivity contribution in [2.75, 3.05) is 5.32 Å². The fraction of sp³-hybridized carbons (Fsp3) is 0.500. The molecule has 1 saturated carbocycles. The summed E-state index contributed by atoms with van der Waals surface area (Å²) in [6, 6.07) is 5.43. The van der Waals surface area contributed by atoms with Gasteiger partial charge >= 0.3 is 0 Å². The number of carbonyl (C=O) groups is 1. The lowest BCUT2D eigenvalue weighted by Crippen LogP contribution is -2.12. The first-order valence-electron chi connectivity index (χ1n) is 6.40. The van der Waals surface area contributed by atoms with Crippen LogP contribution in [0.5, 0.6) is 0 Å². The lowest BCUT2D eigenvalue weighted by molar-refractivity contribution is -0.116. The molecule has 0 aliphatic heterocycles. The van der Waals surface area contributed by atoms with Gasteiger partial charge in [0, 0.05) is 16.6 Å². The summed E-state index contributed by atoms with van der Waals surface area (Å²) in [5.74, 6) is 0.851. The van der Waals surface area contributed by atoms with Gasteiger partial charge in [-0.05, 0) is 46.5 Å². The Morgan fingerprint density at radius 3 is 2.78 bits per heavy atom. The maximum Gasteiger partial charge on any atom is 0.224 e. The monoisotopic (exact) mass is 329 g/mol. The van der Waals surface area contributed by atoms with Gasteiger partial charge in [0.15, 0.2) is 0 Å². The van der Waals surface area contributed by atoms with Gasteiger partial charge in [0.2, 0.25) is 5.91 Å². The summed E-state index contributed by atoms with van der Waals surface area (Å²) >= 11 is 9.25. The zero-order valence-electron chi connectivity index (χ0n) is 10.2. The topological polar surface area (TPSA) is 29.1 Å². The minimum Gasteiger partial charge on any atom is -0.326 e. The lowest BCUT2D eigenvalue weighted by atomic mass is 10.0. The predicted octanol–water partition coefficient (Wildman–Crippen LogP) is 5.01. The number of anilines is 1. The first kappa shape index (κ1) is 13.9. The first-order valence-corrected chi connectivity index (χ1v) is 7.57. The molecule has 2 rings (SSSR count). The fourth-order valence-electron chi connectivity index (χ4n) is 2.43. The standard InChI is InChI=1S/C14H17BrClNO/c15-12-9-11(6-7-13(12)16)17-14(18)8-5-10-3-1-2-4-10/h6-7,9-10H,1-5,8H2,(H,17,18). The van der Waals surface area contributed by atoms with Crippen molar-refractivity contribution >= 4 is 39.1 Å². The highest BCUT2D eigenvalue weighted by Gasteiger charge is 2.16. The van der Waals surface area contributed by atoms with Crippen LogP contribution in [0, 0.1) is 5.92 Å². The molecule has 2 nitrogen and oxygen atoms in total. The van der Waals surface area contributed by atoms with Gasteiger partial charge in [0.05, 0.1) is 5.02 Å². The number of hydrogen-bond acceptors (Lipinski definition) is 1. The van der Waals surface area contributed by atoms with Crippen LogP contribution in [0.2, 0.25) is 5.02 Å². The Balaban J connectivity index is 1.80. The van der Waals surface area contributed by atoms with Gasteiger partial charge in [0.1, 0.15) is 0 Å². The van der Waals surface area contributed by atoms with E-state index >= 15 is 0 Å². The van der Waals surface area contributed by atoms with Crippen molar-refractivity contribution in [2.45, 2.75) is 38.5 Å². The Bertz CT molecular complexity index is 430. The molecule has 1 amide bonds. The first-order chi connectivity index (χ1) is 8.65. The van der Waals surface area contributed by atoms with Crippen molar-refractivity contribution in [1.82, 2.24) is 0 Å². The van der Waals surface area contributed by atoms with Gasteiger partial charge in [-0.3, -0.25) is 4.79 Å². The Morgan fingerprint density at radius 1 is 1.39 bits per heavy atom. The predicted molar refractivity (Wildman–Crippen MR) is 79.0 cm³/mol. The molecule has 4 heteroatoms. The molecule has 0 unspecified atom stereocenters. The second-order valence-corrected chi connectivity index (χ2v) is 6.13. The summed E-state index contributed by atoms with van der Waals surface area (Å²) in [5.41, 5.74) is 0.794. The summed E-state index contributed by atoms with van der Waals surface area (Å²) in [5, 5.41) is 3.56. The summed E-state index contributed by atoms with van der Waals surface area (Å²) < 4.78 is 0.803. The van der Waals surface area contributed by atoms with Crippen molar-refractivity contribution < 1.29 is 4.79 Å². The van der Waals surface area contributed by atoms with Crippen LogP contribution in [0.15, 0.2) is 22.7 Å². The van der Waals surface area contributed by atoms with Gasteiger partial charge in [-0.1, -0.05) is 37.3 Å². The van der Waals surface area contributed by atoms with E-state index in [1.54, 1.807) is 6.07 Å². The minimum atomic E-state index is 0.0936. The number of halogens is 2. The van der Waals surface area contributed by atoms with E-state index in [0.29, 0.717) is 11.4 Å². The highest BCUT2D eigenvalue weighted by atomic mass is 79.9. The quantitative estimate of drug-likeness (QED) is 0.826. The molecule has 0 aromatic heterocycles. The van der Waals surface area contributed by atoms with Gasteiger partial charge in [-0.25, -0.2) is 0 Å². The molecule has 1 aliphatic rings.